The normalized spacial score (nSPS) is 17.4. The Morgan fingerprint density at radius 3 is 2.48 bits per heavy atom. The van der Waals surface area contributed by atoms with Crippen LogP contribution < -0.4 is 20.3 Å². The van der Waals surface area contributed by atoms with E-state index >= 15 is 0 Å². The molecule has 7 aromatic rings. The van der Waals surface area contributed by atoms with Gasteiger partial charge in [0.15, 0.2) is 11.5 Å². The second-order valence-electron chi connectivity index (χ2n) is 8.45. The first-order valence-corrected chi connectivity index (χ1v) is 13.7. The Balaban J connectivity index is 1.54. The molecule has 3 N–H and O–H groups in total. The Labute approximate surface area is 233 Å². The molecule has 1 aliphatic heterocycles. The first kappa shape index (κ1) is 22.6. The van der Waals surface area contributed by atoms with E-state index in [1.54, 1.807) is 47.5 Å². The Hall–Kier alpha value is -5.35. The molecule has 0 aliphatic carbocycles. The number of aromatic amines is 3. The average molecular weight is 571 g/mol. The molecule has 0 aromatic carbocycles. The van der Waals surface area contributed by atoms with Crippen molar-refractivity contribution in [1.29, 1.82) is 0 Å². The van der Waals surface area contributed by atoms with Gasteiger partial charge in [-0.3, -0.25) is 0 Å². The summed E-state index contributed by atoms with van der Waals surface area (Å²) in [6.45, 7) is 0. The van der Waals surface area contributed by atoms with E-state index in [2.05, 4.69) is 30.2 Å². The van der Waals surface area contributed by atoms with Crippen LogP contribution >= 0.6 is 22.7 Å². The zero-order valence-electron chi connectivity index (χ0n) is 20.3. The lowest BCUT2D eigenvalue weighted by molar-refractivity contribution is 0.494. The number of hydrogen-bond donors (Lipinski definition) is 3. The maximum Gasteiger partial charge on any atom is 0.339 e. The van der Waals surface area contributed by atoms with Gasteiger partial charge in [0.05, 0.1) is 17.3 Å². The number of hydrogen-bond acceptors (Lipinski definition) is 13. The van der Waals surface area contributed by atoms with Crippen LogP contribution in [0.5, 0.6) is 0 Å². The molecule has 1 aliphatic rings. The minimum absolute atomic E-state index is 0.280. The third-order valence-electron chi connectivity index (χ3n) is 6.34. The number of aromatic nitrogens is 8. The van der Waals surface area contributed by atoms with Crippen LogP contribution in [-0.2, 0) is 5.66 Å². The van der Waals surface area contributed by atoms with Crippen LogP contribution in [0.25, 0.3) is 11.5 Å². The summed E-state index contributed by atoms with van der Waals surface area (Å²) >= 11 is 2.99. The number of H-pyrrole nitrogens is 3. The molecule has 7 aromatic heterocycles. The van der Waals surface area contributed by atoms with Crippen molar-refractivity contribution >= 4 is 45.6 Å². The summed E-state index contributed by atoms with van der Waals surface area (Å²) in [5.74, 6) is 1.75. The highest BCUT2D eigenvalue weighted by atomic mass is 32.1. The van der Waals surface area contributed by atoms with E-state index in [-0.39, 0.29) is 6.01 Å². The summed E-state index contributed by atoms with van der Waals surface area (Å²) in [5.41, 5.74) is -0.224. The molecule has 1 fully saturated rings. The fourth-order valence-corrected chi connectivity index (χ4v) is 6.42. The molecule has 14 nitrogen and oxygen atoms in total. The van der Waals surface area contributed by atoms with Gasteiger partial charge in [0.25, 0.3) is 0 Å². The molecule has 8 heterocycles. The highest BCUT2D eigenvalue weighted by Crippen LogP contribution is 2.54. The topological polar surface area (TPSA) is 151 Å². The molecule has 8 rings (SSSR count). The van der Waals surface area contributed by atoms with E-state index in [4.69, 9.17) is 18.9 Å². The lowest BCUT2D eigenvalue weighted by Crippen LogP contribution is -2.55. The fraction of sp³-hybridized carbons (Fsp3) is 0.0417. The highest BCUT2D eigenvalue weighted by Gasteiger charge is 2.65. The van der Waals surface area contributed by atoms with Gasteiger partial charge >= 0.3 is 6.01 Å². The van der Waals surface area contributed by atoms with Crippen LogP contribution in [-0.4, -0.2) is 40.3 Å². The number of nitrogens with zero attached hydrogens (tertiary/aromatic N) is 9. The second kappa shape index (κ2) is 8.85. The molecule has 0 radical (unpaired) electrons. The fourth-order valence-electron chi connectivity index (χ4n) is 4.90. The number of rotatable bonds is 7. The number of hydrazine groups is 3. The zero-order valence-corrected chi connectivity index (χ0v) is 22.0. The van der Waals surface area contributed by atoms with Crippen LogP contribution in [0, 0.1) is 0 Å². The molecule has 198 valence electrons. The Morgan fingerprint density at radius 2 is 1.77 bits per heavy atom. The number of furan rings is 1. The Morgan fingerprint density at radius 1 is 0.775 bits per heavy atom. The smallest absolute Gasteiger partial charge is 0.339 e. The van der Waals surface area contributed by atoms with E-state index in [0.717, 1.165) is 4.88 Å². The minimum atomic E-state index is -1.27. The van der Waals surface area contributed by atoms with E-state index in [0.29, 0.717) is 34.0 Å². The van der Waals surface area contributed by atoms with Gasteiger partial charge in [-0.05, 0) is 35.7 Å². The summed E-state index contributed by atoms with van der Waals surface area (Å²) in [6.07, 6.45) is 11.8. The molecule has 1 unspecified atom stereocenters. The van der Waals surface area contributed by atoms with Gasteiger partial charge in [0.2, 0.25) is 16.7 Å². The van der Waals surface area contributed by atoms with Crippen molar-refractivity contribution in [1.82, 2.24) is 40.3 Å². The molecule has 1 atom stereocenters. The lowest BCUT2D eigenvalue weighted by atomic mass is 9.99. The summed E-state index contributed by atoms with van der Waals surface area (Å²) < 4.78 is 11.8. The number of thiophene rings is 1. The predicted octanol–water partition coefficient (Wildman–Crippen LogP) is 4.61. The first-order chi connectivity index (χ1) is 19.9. The van der Waals surface area contributed by atoms with E-state index in [1.165, 1.54) is 17.6 Å². The molecule has 40 heavy (non-hydrogen) atoms. The number of nitrogens with one attached hydrogen (secondary N) is 3. The maximum atomic E-state index is 5.95. The second-order valence-corrected chi connectivity index (χ2v) is 10.3. The van der Waals surface area contributed by atoms with Crippen molar-refractivity contribution in [2.45, 2.75) is 5.66 Å². The number of imidazole rings is 1. The van der Waals surface area contributed by atoms with Crippen molar-refractivity contribution in [3.8, 4) is 11.5 Å². The number of oxazole rings is 1. The van der Waals surface area contributed by atoms with Gasteiger partial charge in [-0.15, -0.1) is 32.9 Å². The van der Waals surface area contributed by atoms with Crippen molar-refractivity contribution < 1.29 is 8.83 Å². The van der Waals surface area contributed by atoms with Crippen molar-refractivity contribution in [3.63, 3.8) is 0 Å². The van der Waals surface area contributed by atoms with E-state index in [9.17, 15) is 0 Å². The average Bonchev–Trinajstić information content (AvgIpc) is 3.85. The standard InChI is InChI=1S/C24H18N12O2S2/c1-6-18(25-7-1)33-24(17-5-3-14-39-17,20-19(30-32-31-20)16-4-2-12-37-16)34(21-26-8-9-27-21)36(23-29-11-15-40-23)35(33)22-28-10-13-38-22/h1-15,25H,(H,26,27)(H,30,31,32). The monoisotopic (exact) mass is 570 g/mol. The summed E-state index contributed by atoms with van der Waals surface area (Å²) in [4.78, 5) is 21.5. The van der Waals surface area contributed by atoms with Crippen LogP contribution in [0.3, 0.4) is 0 Å². The molecule has 0 spiro atoms. The quantitative estimate of drug-likeness (QED) is 0.246. The van der Waals surface area contributed by atoms with Crippen molar-refractivity contribution in [2.75, 3.05) is 20.3 Å². The third-order valence-corrected chi connectivity index (χ3v) is 8.05. The number of anilines is 4. The van der Waals surface area contributed by atoms with Gasteiger partial charge in [0.1, 0.15) is 17.8 Å². The van der Waals surface area contributed by atoms with Gasteiger partial charge < -0.3 is 18.8 Å². The van der Waals surface area contributed by atoms with Gasteiger partial charge in [0, 0.05) is 30.2 Å². The Bertz CT molecular complexity index is 1700. The van der Waals surface area contributed by atoms with E-state index < -0.39 is 5.66 Å². The van der Waals surface area contributed by atoms with Crippen LogP contribution in [0.15, 0.2) is 99.5 Å². The highest BCUT2D eigenvalue weighted by molar-refractivity contribution is 7.13. The molecule has 0 bridgehead atoms. The molecular formula is C24H18N12O2S2. The maximum absolute atomic E-state index is 5.95. The van der Waals surface area contributed by atoms with Crippen LogP contribution in [0.2, 0.25) is 0 Å². The minimum Gasteiger partial charge on any atom is -0.463 e. The summed E-state index contributed by atoms with van der Waals surface area (Å²) in [6, 6.07) is 11.8. The van der Waals surface area contributed by atoms with Crippen molar-refractivity contribution in [2.24, 2.45) is 0 Å². The molecule has 0 amide bonds. The third kappa shape index (κ3) is 3.10. The SMILES string of the molecule is c1c[nH]c(N2N(c3ncco3)N(c3nccs3)N(c3ncc[nH]3)C2(c2cccs2)c2n[nH]nc2-c2ccco2)c1. The zero-order chi connectivity index (χ0) is 26.5. The van der Waals surface area contributed by atoms with Gasteiger partial charge in [-0.2, -0.15) is 25.4 Å². The molecule has 0 saturated carbocycles. The largest absolute Gasteiger partial charge is 0.463 e. The van der Waals surface area contributed by atoms with Gasteiger partial charge in [-0.25, -0.2) is 15.0 Å². The Kier molecular flexibility index (Phi) is 5.01. The summed E-state index contributed by atoms with van der Waals surface area (Å²) in [7, 11) is 0. The molecule has 1 saturated heterocycles. The van der Waals surface area contributed by atoms with E-state index in [1.807, 2.05) is 68.5 Å². The van der Waals surface area contributed by atoms with Crippen LogP contribution in [0.1, 0.15) is 10.6 Å². The molecule has 16 heteroatoms. The predicted molar refractivity (Wildman–Crippen MR) is 147 cm³/mol. The molecular weight excluding hydrogens is 552 g/mol. The summed E-state index contributed by atoms with van der Waals surface area (Å²) in [5, 5.41) is 24.3. The number of thiazole rings is 1. The lowest BCUT2D eigenvalue weighted by Gasteiger charge is -2.39. The first-order valence-electron chi connectivity index (χ1n) is 12.0. The van der Waals surface area contributed by atoms with Crippen LogP contribution in [0.4, 0.5) is 22.9 Å². The van der Waals surface area contributed by atoms with Gasteiger partial charge in [-0.1, -0.05) is 6.07 Å². The van der Waals surface area contributed by atoms with Crippen molar-refractivity contribution in [3.05, 3.63) is 101 Å².